The molecule has 0 radical (unpaired) electrons. The summed E-state index contributed by atoms with van der Waals surface area (Å²) >= 11 is 3.25. The molecular formula is C9H10BrNO2. The van der Waals surface area contributed by atoms with Gasteiger partial charge < -0.3 is 0 Å². The van der Waals surface area contributed by atoms with Gasteiger partial charge in [-0.2, -0.15) is 0 Å². The number of rotatable bonds is 2. The van der Waals surface area contributed by atoms with Gasteiger partial charge in [-0.25, -0.2) is 0 Å². The van der Waals surface area contributed by atoms with Crippen LogP contribution in [-0.4, -0.2) is 4.92 Å². The topological polar surface area (TPSA) is 43.1 Å². The van der Waals surface area contributed by atoms with Crippen LogP contribution in [0.3, 0.4) is 0 Å². The first-order valence-corrected chi connectivity index (χ1v) is 4.75. The molecule has 0 heterocycles. The van der Waals surface area contributed by atoms with Gasteiger partial charge in [0.1, 0.15) is 0 Å². The zero-order valence-electron chi connectivity index (χ0n) is 7.45. The maximum Gasteiger partial charge on any atom is 0.270 e. The molecule has 0 saturated heterocycles. The fraction of sp³-hybridized carbons (Fsp3) is 0.333. The van der Waals surface area contributed by atoms with E-state index in [0.717, 1.165) is 10.0 Å². The van der Waals surface area contributed by atoms with Crippen LogP contribution >= 0.6 is 15.9 Å². The van der Waals surface area contributed by atoms with Crippen LogP contribution in [0.1, 0.15) is 25.3 Å². The average molecular weight is 244 g/mol. The minimum Gasteiger partial charge on any atom is -0.258 e. The van der Waals surface area contributed by atoms with Crippen LogP contribution in [0.4, 0.5) is 5.69 Å². The lowest BCUT2D eigenvalue weighted by Gasteiger charge is -2.04. The molecule has 1 aromatic carbocycles. The van der Waals surface area contributed by atoms with E-state index in [1.54, 1.807) is 6.07 Å². The summed E-state index contributed by atoms with van der Waals surface area (Å²) in [4.78, 5) is 10.1. The van der Waals surface area contributed by atoms with Crippen molar-refractivity contribution in [2.24, 2.45) is 0 Å². The van der Waals surface area contributed by atoms with Gasteiger partial charge in [0.05, 0.1) is 4.92 Å². The lowest BCUT2D eigenvalue weighted by Crippen LogP contribution is -1.92. The summed E-state index contributed by atoms with van der Waals surface area (Å²) < 4.78 is 0.755. The number of hydrogen-bond acceptors (Lipinski definition) is 2. The van der Waals surface area contributed by atoms with Crippen molar-refractivity contribution in [3.63, 3.8) is 0 Å². The standard InChI is InChI=1S/C9H10BrNO2/c1-6(2)7-3-8(10)5-9(4-7)11(12)13/h3-6H,1-2H3. The number of halogens is 1. The van der Waals surface area contributed by atoms with Crippen LogP contribution in [0.2, 0.25) is 0 Å². The first-order chi connectivity index (χ1) is 6.00. The minimum atomic E-state index is -0.378. The third kappa shape index (κ3) is 2.52. The van der Waals surface area contributed by atoms with Crippen LogP contribution in [0.15, 0.2) is 22.7 Å². The van der Waals surface area contributed by atoms with Crippen molar-refractivity contribution >= 4 is 21.6 Å². The normalized spacial score (nSPS) is 10.5. The van der Waals surface area contributed by atoms with Crippen LogP contribution in [-0.2, 0) is 0 Å². The SMILES string of the molecule is CC(C)c1cc(Br)cc([N+](=O)[O-])c1. The van der Waals surface area contributed by atoms with Crippen molar-refractivity contribution in [2.75, 3.05) is 0 Å². The Morgan fingerprint density at radius 2 is 2.00 bits per heavy atom. The molecule has 0 N–H and O–H groups in total. The van der Waals surface area contributed by atoms with E-state index in [1.165, 1.54) is 6.07 Å². The maximum absolute atomic E-state index is 10.5. The van der Waals surface area contributed by atoms with Crippen LogP contribution in [0.25, 0.3) is 0 Å². The Bertz CT molecular complexity index is 336. The Hall–Kier alpha value is -0.900. The summed E-state index contributed by atoms with van der Waals surface area (Å²) in [6.45, 7) is 4.01. The predicted molar refractivity (Wildman–Crippen MR) is 54.9 cm³/mol. The predicted octanol–water partition coefficient (Wildman–Crippen LogP) is 3.48. The van der Waals surface area contributed by atoms with Crippen LogP contribution in [0, 0.1) is 10.1 Å². The molecule has 0 fully saturated rings. The second-order valence-corrected chi connectivity index (χ2v) is 4.07. The third-order valence-corrected chi connectivity index (χ3v) is 2.24. The number of nitro groups is 1. The molecule has 3 nitrogen and oxygen atoms in total. The smallest absolute Gasteiger partial charge is 0.258 e. The van der Waals surface area contributed by atoms with Gasteiger partial charge in [-0.05, 0) is 17.5 Å². The first-order valence-electron chi connectivity index (χ1n) is 3.95. The number of non-ortho nitro benzene ring substituents is 1. The van der Waals surface area contributed by atoms with E-state index in [1.807, 2.05) is 19.9 Å². The van der Waals surface area contributed by atoms with E-state index in [0.29, 0.717) is 5.92 Å². The molecule has 0 aliphatic rings. The van der Waals surface area contributed by atoms with E-state index in [2.05, 4.69) is 15.9 Å². The molecule has 0 saturated carbocycles. The molecule has 13 heavy (non-hydrogen) atoms. The van der Waals surface area contributed by atoms with Crippen molar-refractivity contribution in [2.45, 2.75) is 19.8 Å². The summed E-state index contributed by atoms with van der Waals surface area (Å²) in [5, 5.41) is 10.5. The van der Waals surface area contributed by atoms with Gasteiger partial charge >= 0.3 is 0 Å². The molecule has 0 aliphatic carbocycles. The number of nitrogens with zero attached hydrogens (tertiary/aromatic N) is 1. The second-order valence-electron chi connectivity index (χ2n) is 3.15. The first kappa shape index (κ1) is 10.2. The summed E-state index contributed by atoms with van der Waals surface area (Å²) in [6, 6.07) is 5.01. The Balaban J connectivity index is 3.19. The van der Waals surface area contributed by atoms with Crippen molar-refractivity contribution in [1.82, 2.24) is 0 Å². The fourth-order valence-corrected chi connectivity index (χ4v) is 1.53. The summed E-state index contributed by atoms with van der Waals surface area (Å²) in [5.41, 5.74) is 1.11. The highest BCUT2D eigenvalue weighted by Gasteiger charge is 2.10. The van der Waals surface area contributed by atoms with Crippen LogP contribution in [0.5, 0.6) is 0 Å². The zero-order chi connectivity index (χ0) is 10.0. The number of nitro benzene ring substituents is 1. The van der Waals surface area contributed by atoms with Gasteiger partial charge in [0.25, 0.3) is 5.69 Å². The molecule has 0 bridgehead atoms. The largest absolute Gasteiger partial charge is 0.270 e. The molecule has 70 valence electrons. The Labute approximate surface area is 85.0 Å². The average Bonchev–Trinajstić information content (AvgIpc) is 2.03. The van der Waals surface area contributed by atoms with Crippen LogP contribution < -0.4 is 0 Å². The molecule has 4 heteroatoms. The molecule has 0 spiro atoms. The van der Waals surface area contributed by atoms with E-state index < -0.39 is 0 Å². The van der Waals surface area contributed by atoms with Gasteiger partial charge in [-0.15, -0.1) is 0 Å². The Morgan fingerprint density at radius 3 is 2.46 bits per heavy atom. The van der Waals surface area contributed by atoms with Crippen molar-refractivity contribution < 1.29 is 4.92 Å². The lowest BCUT2D eigenvalue weighted by atomic mass is 10.0. The third-order valence-electron chi connectivity index (χ3n) is 1.78. The minimum absolute atomic E-state index is 0.137. The molecule has 1 aromatic rings. The number of hydrogen-bond donors (Lipinski definition) is 0. The summed E-state index contributed by atoms with van der Waals surface area (Å²) in [6.07, 6.45) is 0. The molecular weight excluding hydrogens is 234 g/mol. The Morgan fingerprint density at radius 1 is 1.38 bits per heavy atom. The van der Waals surface area contributed by atoms with Gasteiger partial charge in [0.15, 0.2) is 0 Å². The van der Waals surface area contributed by atoms with E-state index in [4.69, 9.17) is 0 Å². The Kier molecular flexibility index (Phi) is 3.03. The van der Waals surface area contributed by atoms with E-state index >= 15 is 0 Å². The molecule has 0 amide bonds. The number of benzene rings is 1. The van der Waals surface area contributed by atoms with Crippen molar-refractivity contribution in [3.05, 3.63) is 38.3 Å². The van der Waals surface area contributed by atoms with Gasteiger partial charge in [0.2, 0.25) is 0 Å². The monoisotopic (exact) mass is 243 g/mol. The summed E-state index contributed by atoms with van der Waals surface area (Å²) in [7, 11) is 0. The molecule has 0 atom stereocenters. The highest BCUT2D eigenvalue weighted by molar-refractivity contribution is 9.10. The maximum atomic E-state index is 10.5. The van der Waals surface area contributed by atoms with Crippen molar-refractivity contribution in [1.29, 1.82) is 0 Å². The van der Waals surface area contributed by atoms with Gasteiger partial charge in [-0.1, -0.05) is 29.8 Å². The highest BCUT2D eigenvalue weighted by Crippen LogP contribution is 2.25. The molecule has 1 rings (SSSR count). The van der Waals surface area contributed by atoms with E-state index in [-0.39, 0.29) is 10.6 Å². The van der Waals surface area contributed by atoms with Gasteiger partial charge in [0, 0.05) is 16.6 Å². The summed E-state index contributed by atoms with van der Waals surface area (Å²) in [5.74, 6) is 0.302. The lowest BCUT2D eigenvalue weighted by molar-refractivity contribution is -0.385. The zero-order valence-corrected chi connectivity index (χ0v) is 9.04. The molecule has 0 aromatic heterocycles. The molecule has 0 unspecified atom stereocenters. The van der Waals surface area contributed by atoms with E-state index in [9.17, 15) is 10.1 Å². The highest BCUT2D eigenvalue weighted by atomic mass is 79.9. The molecule has 0 aliphatic heterocycles. The second kappa shape index (κ2) is 3.87. The fourth-order valence-electron chi connectivity index (χ4n) is 1.03. The van der Waals surface area contributed by atoms with Gasteiger partial charge in [-0.3, -0.25) is 10.1 Å². The quantitative estimate of drug-likeness (QED) is 0.590. The van der Waals surface area contributed by atoms with Crippen molar-refractivity contribution in [3.8, 4) is 0 Å².